The van der Waals surface area contributed by atoms with Crippen LogP contribution in [-0.4, -0.2) is 26.7 Å². The van der Waals surface area contributed by atoms with Gasteiger partial charge in [0, 0.05) is 0 Å². The molecule has 0 N–H and O–H groups in total. The second-order valence-electron chi connectivity index (χ2n) is 7.58. The fourth-order valence-electron chi connectivity index (χ4n) is 2.86. The van der Waals surface area contributed by atoms with Gasteiger partial charge < -0.3 is 0 Å². The summed E-state index contributed by atoms with van der Waals surface area (Å²) in [5.41, 5.74) is 0. The molecule has 0 heterocycles. The van der Waals surface area contributed by atoms with Crippen LogP contribution in [0.25, 0.3) is 0 Å². The Labute approximate surface area is 204 Å². The van der Waals surface area contributed by atoms with E-state index in [0.29, 0.717) is 0 Å². The summed E-state index contributed by atoms with van der Waals surface area (Å²) in [5, 5.41) is 2.96. The second kappa shape index (κ2) is 16.8. The zero-order chi connectivity index (χ0) is 23.3. The molecule has 30 heavy (non-hydrogen) atoms. The maximum atomic E-state index is 4.57. The topological polar surface area (TPSA) is 0 Å². The van der Waals surface area contributed by atoms with Crippen LogP contribution in [0.5, 0.6) is 0 Å². The van der Waals surface area contributed by atoms with Gasteiger partial charge >= 0.3 is 27.0 Å². The average Bonchev–Trinajstić information content (AvgIpc) is 2.95. The normalized spacial score (nSPS) is 15.8. The van der Waals surface area contributed by atoms with E-state index in [0.717, 1.165) is 0 Å². The third kappa shape index (κ3) is 10.7. The Morgan fingerprint density at radius 2 is 0.667 bits per heavy atom. The molecule has 1 saturated carbocycles. The Balaban J connectivity index is 0.000000404. The molecule has 4 heteroatoms. The first-order valence-electron chi connectivity index (χ1n) is 9.94. The van der Waals surface area contributed by atoms with Gasteiger partial charge in [-0.15, -0.1) is 0 Å². The summed E-state index contributed by atoms with van der Waals surface area (Å²) in [7, 11) is 4.78. The number of halogens is 1. The summed E-state index contributed by atoms with van der Waals surface area (Å²) in [6.45, 7) is 20.1. The minimum atomic E-state index is 0.104. The van der Waals surface area contributed by atoms with Crippen LogP contribution < -0.4 is 10.6 Å². The predicted molar refractivity (Wildman–Crippen MR) is 140 cm³/mol. The summed E-state index contributed by atoms with van der Waals surface area (Å²) in [5.74, 6) is 7.34. The summed E-state index contributed by atoms with van der Waals surface area (Å²) in [6, 6.07) is 21.2. The molecule has 0 aromatic heterocycles. The van der Waals surface area contributed by atoms with E-state index in [1.807, 2.05) is 17.3 Å². The van der Waals surface area contributed by atoms with E-state index in [1.165, 1.54) is 40.2 Å². The van der Waals surface area contributed by atoms with Crippen LogP contribution in [0.3, 0.4) is 0 Å². The quantitative estimate of drug-likeness (QED) is 0.266. The summed E-state index contributed by atoms with van der Waals surface area (Å²) in [6.07, 6.45) is 0. The summed E-state index contributed by atoms with van der Waals surface area (Å²) >= 11 is 1.82. The van der Waals surface area contributed by atoms with E-state index in [-0.39, 0.29) is 15.8 Å². The molecule has 5 radical (unpaired) electrons. The first-order valence-corrected chi connectivity index (χ1v) is 16.7. The standard InChI is InChI=1S/C10H15.2C8H11P.ClH.Ru/c1-6-7(2)9(4)10(5)8(6)3;2*1-9(2)8-6-4-3-5-7-8;;/h1-5H3;2*3-7H,1-2H3;1H;/q;;;;+2/p-1. The van der Waals surface area contributed by atoms with Crippen molar-refractivity contribution < 1.29 is 17.3 Å². The van der Waals surface area contributed by atoms with Gasteiger partial charge in [0.15, 0.2) is 0 Å². The van der Waals surface area contributed by atoms with E-state index < -0.39 is 0 Å². The van der Waals surface area contributed by atoms with Crippen molar-refractivity contribution in [2.24, 2.45) is 0 Å². The molecule has 1 aliphatic rings. The molecule has 2 aromatic carbocycles. The van der Waals surface area contributed by atoms with Crippen molar-refractivity contribution in [2.75, 3.05) is 26.7 Å². The number of hydrogen-bond donors (Lipinski definition) is 0. The summed E-state index contributed by atoms with van der Waals surface area (Å²) < 4.78 is 0. The molecule has 0 nitrogen and oxygen atoms in total. The molecule has 1 fully saturated rings. The third-order valence-electron chi connectivity index (χ3n) is 5.36. The van der Waals surface area contributed by atoms with Crippen LogP contribution in [0.15, 0.2) is 60.7 Å². The number of hydrogen-bond acceptors (Lipinski definition) is 0. The Bertz CT molecular complexity index is 560. The van der Waals surface area contributed by atoms with Crippen LogP contribution in [0.1, 0.15) is 34.6 Å². The van der Waals surface area contributed by atoms with Gasteiger partial charge in [0.05, 0.1) is 0 Å². The minimum absolute atomic E-state index is 0.104. The van der Waals surface area contributed by atoms with Gasteiger partial charge in [0.1, 0.15) is 0 Å². The van der Waals surface area contributed by atoms with E-state index in [4.69, 9.17) is 0 Å². The SMILES string of the molecule is CP(C)c1ccccc1.CP(C)c1ccccc1.C[C]1[C](C)[C](C)[C](C)[C]1C.[Cl][Ru+]. The van der Waals surface area contributed by atoms with Gasteiger partial charge in [-0.05, 0) is 66.9 Å². The van der Waals surface area contributed by atoms with Crippen molar-refractivity contribution in [3.63, 3.8) is 0 Å². The Morgan fingerprint density at radius 1 is 0.467 bits per heavy atom. The van der Waals surface area contributed by atoms with Crippen molar-refractivity contribution in [1.29, 1.82) is 0 Å². The van der Waals surface area contributed by atoms with E-state index in [2.05, 4.69) is 132 Å². The van der Waals surface area contributed by atoms with Crippen LogP contribution in [-0.2, 0) is 17.3 Å². The van der Waals surface area contributed by atoms with E-state index in [1.54, 1.807) is 0 Å². The molecule has 0 amide bonds. The zero-order valence-corrected chi connectivity index (χ0v) is 24.2. The number of benzene rings is 2. The molecular weight excluding hydrogens is 511 g/mol. The van der Waals surface area contributed by atoms with Gasteiger partial charge in [0.2, 0.25) is 0 Å². The van der Waals surface area contributed by atoms with Gasteiger partial charge in [-0.1, -0.05) is 111 Å². The van der Waals surface area contributed by atoms with Crippen LogP contribution >= 0.6 is 25.5 Å². The second-order valence-corrected chi connectivity index (χ2v) is 12.2. The summed E-state index contributed by atoms with van der Waals surface area (Å²) in [4.78, 5) is 0. The fraction of sp³-hybridized carbons (Fsp3) is 0.346. The van der Waals surface area contributed by atoms with Crippen LogP contribution in [0, 0.1) is 29.6 Å². The first kappa shape index (κ1) is 30.2. The molecule has 0 saturated heterocycles. The molecule has 0 atom stereocenters. The molecule has 0 unspecified atom stereocenters. The molecule has 0 aliphatic heterocycles. The molecule has 165 valence electrons. The van der Waals surface area contributed by atoms with E-state index >= 15 is 0 Å². The van der Waals surface area contributed by atoms with Crippen LogP contribution in [0.2, 0.25) is 0 Å². The monoisotopic (exact) mass is 548 g/mol. The third-order valence-corrected chi connectivity index (χ3v) is 8.02. The van der Waals surface area contributed by atoms with Crippen molar-refractivity contribution in [1.82, 2.24) is 0 Å². The Kier molecular flexibility index (Phi) is 16.9. The van der Waals surface area contributed by atoms with Gasteiger partial charge in [0.25, 0.3) is 0 Å². The Hall–Kier alpha value is 0.213. The molecule has 2 aromatic rings. The van der Waals surface area contributed by atoms with Crippen LogP contribution in [0.4, 0.5) is 0 Å². The predicted octanol–water partition coefficient (Wildman–Crippen LogP) is 7.77. The molecule has 1 aliphatic carbocycles. The van der Waals surface area contributed by atoms with Crippen molar-refractivity contribution in [3.05, 3.63) is 90.3 Å². The fourth-order valence-corrected chi connectivity index (χ4v) is 4.40. The molecule has 3 rings (SSSR count). The first-order chi connectivity index (χ1) is 14.2. The zero-order valence-electron chi connectivity index (χ0n) is 19.9. The van der Waals surface area contributed by atoms with Gasteiger partial charge in [-0.25, -0.2) is 0 Å². The molecule has 0 spiro atoms. The van der Waals surface area contributed by atoms with E-state index in [9.17, 15) is 0 Å². The van der Waals surface area contributed by atoms with Gasteiger partial charge in [-0.3, -0.25) is 0 Å². The Morgan fingerprint density at radius 3 is 0.800 bits per heavy atom. The molecular formula is C26H37ClP2Ru+. The average molecular weight is 548 g/mol. The van der Waals surface area contributed by atoms with Crippen molar-refractivity contribution >= 4 is 36.1 Å². The van der Waals surface area contributed by atoms with Crippen molar-refractivity contribution in [2.45, 2.75) is 34.6 Å². The van der Waals surface area contributed by atoms with Gasteiger partial charge in [-0.2, -0.15) is 0 Å². The van der Waals surface area contributed by atoms with Crippen molar-refractivity contribution in [3.8, 4) is 0 Å². The number of rotatable bonds is 2. The maximum absolute atomic E-state index is 4.57. The molecule has 0 bridgehead atoms.